The van der Waals surface area contributed by atoms with Gasteiger partial charge in [0, 0.05) is 17.8 Å². The summed E-state index contributed by atoms with van der Waals surface area (Å²) in [5.74, 6) is 0.237. The molecule has 0 radical (unpaired) electrons. The number of amides is 1. The van der Waals surface area contributed by atoms with Gasteiger partial charge in [0.15, 0.2) is 11.5 Å². The highest BCUT2D eigenvalue weighted by molar-refractivity contribution is 6.06. The van der Waals surface area contributed by atoms with Crippen molar-refractivity contribution in [3.05, 3.63) is 53.5 Å². The maximum atomic E-state index is 12.3. The van der Waals surface area contributed by atoms with Crippen LogP contribution >= 0.6 is 0 Å². The van der Waals surface area contributed by atoms with Crippen molar-refractivity contribution in [2.24, 2.45) is 0 Å². The summed E-state index contributed by atoms with van der Waals surface area (Å²) in [5, 5.41) is 0. The van der Waals surface area contributed by atoms with Gasteiger partial charge in [-0.1, -0.05) is 0 Å². The lowest BCUT2D eigenvalue weighted by Gasteiger charge is -2.15. The van der Waals surface area contributed by atoms with Crippen LogP contribution in [0, 0.1) is 0 Å². The van der Waals surface area contributed by atoms with Crippen LogP contribution in [0.3, 0.4) is 0 Å². The minimum atomic E-state index is -0.140. The van der Waals surface area contributed by atoms with E-state index in [1.54, 1.807) is 30.0 Å². The van der Waals surface area contributed by atoms with Crippen LogP contribution in [0.1, 0.15) is 33.4 Å². The van der Waals surface area contributed by atoms with Crippen LogP contribution in [-0.2, 0) is 6.42 Å². The SMILES string of the molecule is CC(=O)c1ccc2c(c1)CCN2C(=O)c1ccco1. The molecule has 0 saturated carbocycles. The summed E-state index contributed by atoms with van der Waals surface area (Å²) < 4.78 is 5.14. The largest absolute Gasteiger partial charge is 0.459 e. The van der Waals surface area contributed by atoms with Gasteiger partial charge in [-0.2, -0.15) is 0 Å². The van der Waals surface area contributed by atoms with Gasteiger partial charge in [0.25, 0.3) is 5.91 Å². The van der Waals surface area contributed by atoms with Crippen LogP contribution in [0.2, 0.25) is 0 Å². The number of furan rings is 1. The lowest BCUT2D eigenvalue weighted by molar-refractivity contribution is 0.0962. The standard InChI is InChI=1S/C15H13NO3/c1-10(17)11-4-5-13-12(9-11)6-7-16(13)15(18)14-3-2-8-19-14/h2-5,8-9H,6-7H2,1H3. The number of carbonyl (C=O) groups is 2. The smallest absolute Gasteiger partial charge is 0.293 e. The molecule has 19 heavy (non-hydrogen) atoms. The summed E-state index contributed by atoms with van der Waals surface area (Å²) in [6.07, 6.45) is 2.26. The van der Waals surface area contributed by atoms with E-state index in [1.165, 1.54) is 6.26 Å². The van der Waals surface area contributed by atoms with Crippen molar-refractivity contribution >= 4 is 17.4 Å². The lowest BCUT2D eigenvalue weighted by atomic mass is 10.1. The monoisotopic (exact) mass is 255 g/mol. The average Bonchev–Trinajstić information content (AvgIpc) is 3.06. The summed E-state index contributed by atoms with van der Waals surface area (Å²) >= 11 is 0. The highest BCUT2D eigenvalue weighted by atomic mass is 16.3. The number of ketones is 1. The van der Waals surface area contributed by atoms with Crippen LogP contribution in [-0.4, -0.2) is 18.2 Å². The van der Waals surface area contributed by atoms with Gasteiger partial charge in [-0.3, -0.25) is 9.59 Å². The number of nitrogens with zero attached hydrogens (tertiary/aromatic N) is 1. The summed E-state index contributed by atoms with van der Waals surface area (Å²) in [6.45, 7) is 2.17. The minimum absolute atomic E-state index is 0.0404. The van der Waals surface area contributed by atoms with Crippen molar-refractivity contribution in [3.8, 4) is 0 Å². The highest BCUT2D eigenvalue weighted by Crippen LogP contribution is 2.30. The number of hydrogen-bond donors (Lipinski definition) is 0. The maximum absolute atomic E-state index is 12.3. The van der Waals surface area contributed by atoms with Crippen LogP contribution in [0.15, 0.2) is 41.0 Å². The maximum Gasteiger partial charge on any atom is 0.293 e. The molecule has 3 rings (SSSR count). The lowest BCUT2D eigenvalue weighted by Crippen LogP contribution is -2.28. The molecule has 2 aromatic rings. The van der Waals surface area contributed by atoms with Crippen LogP contribution in [0.4, 0.5) is 5.69 Å². The second kappa shape index (κ2) is 4.39. The van der Waals surface area contributed by atoms with Gasteiger partial charge in [0.2, 0.25) is 0 Å². The second-order valence-corrected chi connectivity index (χ2v) is 4.58. The first kappa shape index (κ1) is 11.7. The van der Waals surface area contributed by atoms with E-state index in [4.69, 9.17) is 4.42 Å². The molecule has 0 unspecified atom stereocenters. The van der Waals surface area contributed by atoms with E-state index < -0.39 is 0 Å². The molecule has 1 aliphatic rings. The van der Waals surface area contributed by atoms with Crippen molar-refractivity contribution in [2.75, 3.05) is 11.4 Å². The molecule has 0 spiro atoms. The number of hydrogen-bond acceptors (Lipinski definition) is 3. The summed E-state index contributed by atoms with van der Waals surface area (Å²) in [4.78, 5) is 25.3. The summed E-state index contributed by atoms with van der Waals surface area (Å²) in [5.41, 5.74) is 2.59. The zero-order valence-corrected chi connectivity index (χ0v) is 10.6. The molecule has 0 N–H and O–H groups in total. The van der Waals surface area contributed by atoms with Crippen molar-refractivity contribution in [2.45, 2.75) is 13.3 Å². The third kappa shape index (κ3) is 1.95. The Morgan fingerprint density at radius 2 is 2.11 bits per heavy atom. The van der Waals surface area contributed by atoms with E-state index in [9.17, 15) is 9.59 Å². The third-order valence-electron chi connectivity index (χ3n) is 3.36. The molecular weight excluding hydrogens is 242 g/mol. The Morgan fingerprint density at radius 1 is 1.26 bits per heavy atom. The van der Waals surface area contributed by atoms with E-state index in [-0.39, 0.29) is 11.7 Å². The fourth-order valence-electron chi connectivity index (χ4n) is 2.36. The van der Waals surface area contributed by atoms with Gasteiger partial charge in [0.1, 0.15) is 0 Å². The topological polar surface area (TPSA) is 50.5 Å². The number of Topliss-reactive ketones (excluding diaryl/α,β-unsaturated/α-hetero) is 1. The summed E-state index contributed by atoms with van der Waals surface area (Å²) in [7, 11) is 0. The van der Waals surface area contributed by atoms with Crippen molar-refractivity contribution in [3.63, 3.8) is 0 Å². The Kier molecular flexibility index (Phi) is 2.71. The third-order valence-corrected chi connectivity index (χ3v) is 3.36. The van der Waals surface area contributed by atoms with Crippen molar-refractivity contribution < 1.29 is 14.0 Å². The van der Waals surface area contributed by atoms with E-state index in [1.807, 2.05) is 12.1 Å². The number of benzene rings is 1. The first-order chi connectivity index (χ1) is 9.16. The van der Waals surface area contributed by atoms with Crippen molar-refractivity contribution in [1.82, 2.24) is 0 Å². The Hall–Kier alpha value is -2.36. The molecule has 0 bridgehead atoms. The molecule has 4 nitrogen and oxygen atoms in total. The van der Waals surface area contributed by atoms with Crippen LogP contribution in [0.5, 0.6) is 0 Å². The Labute approximate surface area is 110 Å². The molecule has 0 fully saturated rings. The Morgan fingerprint density at radius 3 is 2.79 bits per heavy atom. The van der Waals surface area contributed by atoms with Crippen LogP contribution < -0.4 is 4.90 Å². The second-order valence-electron chi connectivity index (χ2n) is 4.58. The average molecular weight is 255 g/mol. The zero-order chi connectivity index (χ0) is 13.4. The molecule has 1 aromatic carbocycles. The molecule has 1 aliphatic heterocycles. The predicted octanol–water partition coefficient (Wildman–Crippen LogP) is 2.69. The fourth-order valence-corrected chi connectivity index (χ4v) is 2.36. The highest BCUT2D eigenvalue weighted by Gasteiger charge is 2.27. The number of fused-ring (bicyclic) bond motifs is 1. The quantitative estimate of drug-likeness (QED) is 0.775. The van der Waals surface area contributed by atoms with E-state index in [0.717, 1.165) is 17.7 Å². The van der Waals surface area contributed by atoms with Gasteiger partial charge in [-0.25, -0.2) is 0 Å². The first-order valence-corrected chi connectivity index (χ1v) is 6.16. The minimum Gasteiger partial charge on any atom is -0.459 e. The molecule has 4 heteroatoms. The Bertz CT molecular complexity index is 643. The van der Waals surface area contributed by atoms with Gasteiger partial charge >= 0.3 is 0 Å². The van der Waals surface area contributed by atoms with E-state index in [0.29, 0.717) is 17.9 Å². The van der Waals surface area contributed by atoms with Gasteiger partial charge in [0.05, 0.1) is 6.26 Å². The van der Waals surface area contributed by atoms with E-state index >= 15 is 0 Å². The molecule has 1 aromatic heterocycles. The molecule has 0 atom stereocenters. The molecule has 0 aliphatic carbocycles. The van der Waals surface area contributed by atoms with Crippen LogP contribution in [0.25, 0.3) is 0 Å². The molecule has 96 valence electrons. The predicted molar refractivity (Wildman–Crippen MR) is 70.5 cm³/mol. The number of anilines is 1. The molecular formula is C15H13NO3. The zero-order valence-electron chi connectivity index (χ0n) is 10.6. The fraction of sp³-hybridized carbons (Fsp3) is 0.200. The van der Waals surface area contributed by atoms with E-state index in [2.05, 4.69) is 0 Å². The van der Waals surface area contributed by atoms with Gasteiger partial charge < -0.3 is 9.32 Å². The molecule has 2 heterocycles. The van der Waals surface area contributed by atoms with Gasteiger partial charge in [-0.15, -0.1) is 0 Å². The number of carbonyl (C=O) groups excluding carboxylic acids is 2. The van der Waals surface area contributed by atoms with Gasteiger partial charge in [-0.05, 0) is 49.2 Å². The number of rotatable bonds is 2. The summed E-state index contributed by atoms with van der Waals surface area (Å²) in [6, 6.07) is 8.81. The molecule has 0 saturated heterocycles. The van der Waals surface area contributed by atoms with Crippen molar-refractivity contribution in [1.29, 1.82) is 0 Å². The normalized spacial score (nSPS) is 13.4. The first-order valence-electron chi connectivity index (χ1n) is 6.16. The Balaban J connectivity index is 1.94. The molecule has 1 amide bonds.